The average molecular weight is 460 g/mol. The Kier molecular flexibility index (Phi) is 6.16. The van der Waals surface area contributed by atoms with E-state index in [1.165, 1.54) is 6.42 Å². The Morgan fingerprint density at radius 2 is 1.82 bits per heavy atom. The van der Waals surface area contributed by atoms with Crippen LogP contribution in [0.25, 0.3) is 0 Å². The van der Waals surface area contributed by atoms with E-state index in [2.05, 4.69) is 25.2 Å². The number of amides is 1. The first kappa shape index (κ1) is 21.9. The molecule has 5 rings (SSSR count). The second-order valence-electron chi connectivity index (χ2n) is 8.71. The van der Waals surface area contributed by atoms with Crippen molar-refractivity contribution < 1.29 is 9.53 Å². The lowest BCUT2D eigenvalue weighted by Gasteiger charge is -2.38. The molecule has 2 aliphatic heterocycles. The summed E-state index contributed by atoms with van der Waals surface area (Å²) >= 11 is 0. The summed E-state index contributed by atoms with van der Waals surface area (Å²) in [4.78, 5) is 30.4. The zero-order valence-electron chi connectivity index (χ0n) is 19.3. The van der Waals surface area contributed by atoms with Crippen LogP contribution in [-0.4, -0.2) is 51.5 Å². The van der Waals surface area contributed by atoms with Gasteiger partial charge < -0.3 is 25.6 Å². The van der Waals surface area contributed by atoms with Crippen LogP contribution >= 0.6 is 0 Å². The van der Waals surface area contributed by atoms with Crippen molar-refractivity contribution in [2.75, 3.05) is 35.6 Å². The Labute approximate surface area is 199 Å². The van der Waals surface area contributed by atoms with Crippen LogP contribution in [0, 0.1) is 6.92 Å². The van der Waals surface area contributed by atoms with E-state index in [0.29, 0.717) is 30.6 Å². The number of fused-ring (bicyclic) bond motifs is 1. The van der Waals surface area contributed by atoms with Gasteiger partial charge >= 0.3 is 0 Å². The zero-order valence-corrected chi connectivity index (χ0v) is 19.3. The third-order valence-corrected chi connectivity index (χ3v) is 6.23. The van der Waals surface area contributed by atoms with E-state index in [0.717, 1.165) is 42.9 Å². The largest absolute Gasteiger partial charge is 0.477 e. The van der Waals surface area contributed by atoms with Gasteiger partial charge in [0, 0.05) is 18.8 Å². The Hall–Kier alpha value is -3.88. The maximum Gasteiger partial charge on any atom is 0.265 e. The van der Waals surface area contributed by atoms with Crippen LogP contribution in [0.2, 0.25) is 0 Å². The highest BCUT2D eigenvalue weighted by Crippen LogP contribution is 2.34. The van der Waals surface area contributed by atoms with Crippen molar-refractivity contribution >= 4 is 29.2 Å². The second-order valence-corrected chi connectivity index (χ2v) is 8.71. The van der Waals surface area contributed by atoms with Gasteiger partial charge in [-0.15, -0.1) is 0 Å². The minimum absolute atomic E-state index is 0.0382. The summed E-state index contributed by atoms with van der Waals surface area (Å²) in [6, 6.07) is 15.6. The summed E-state index contributed by atoms with van der Waals surface area (Å²) in [6.45, 7) is 4.38. The molecule has 9 heteroatoms. The van der Waals surface area contributed by atoms with Crippen LogP contribution in [0.4, 0.5) is 23.3 Å². The quantitative estimate of drug-likeness (QED) is 0.598. The maximum absolute atomic E-state index is 13.2. The molecule has 3 N–H and O–H groups in total. The first-order chi connectivity index (χ1) is 16.6. The van der Waals surface area contributed by atoms with Gasteiger partial charge in [0.2, 0.25) is 11.9 Å². The van der Waals surface area contributed by atoms with Gasteiger partial charge in [-0.2, -0.15) is 15.0 Å². The van der Waals surface area contributed by atoms with Crippen molar-refractivity contribution in [2.24, 2.45) is 0 Å². The van der Waals surface area contributed by atoms with Crippen molar-refractivity contribution in [3.05, 3.63) is 59.9 Å². The van der Waals surface area contributed by atoms with Crippen LogP contribution in [0.1, 0.15) is 30.7 Å². The fourth-order valence-corrected chi connectivity index (χ4v) is 4.47. The number of nitrogens with zero attached hydrogens (tertiary/aromatic N) is 5. The molecule has 3 heterocycles. The number of nitrogens with one attached hydrogen (secondary N) is 1. The molecule has 1 fully saturated rings. The van der Waals surface area contributed by atoms with Gasteiger partial charge in [-0.1, -0.05) is 30.3 Å². The molecule has 34 heavy (non-hydrogen) atoms. The molecule has 1 amide bonds. The highest BCUT2D eigenvalue weighted by atomic mass is 16.5. The lowest BCUT2D eigenvalue weighted by Crippen LogP contribution is -2.51. The number of nitrogen functional groups attached to an aromatic ring is 1. The Morgan fingerprint density at radius 3 is 2.65 bits per heavy atom. The molecule has 1 atom stereocenters. The highest BCUT2D eigenvalue weighted by Gasteiger charge is 2.34. The maximum atomic E-state index is 13.2. The molecule has 0 aliphatic carbocycles. The van der Waals surface area contributed by atoms with E-state index in [9.17, 15) is 4.79 Å². The van der Waals surface area contributed by atoms with E-state index in [1.54, 1.807) is 0 Å². The molecule has 0 bridgehead atoms. The lowest BCUT2D eigenvalue weighted by atomic mass is 10.1. The predicted molar refractivity (Wildman–Crippen MR) is 131 cm³/mol. The minimum atomic E-state index is -0.572. The number of nitrogens with two attached hydrogens (primary N) is 1. The number of anilines is 4. The number of aromatic nitrogens is 3. The standard InChI is InChI=1S/C25H29N7O2/c1-17-9-3-4-10-18(17)27-25-29-22(28-24(26)30-25)16-32-15-21(23(33)31-13-7-2-8-14-31)34-20-12-6-5-11-19(20)32/h3-6,9-12,21H,2,7-8,13-16H2,1H3,(H3,26,27,28,29,30). The van der Waals surface area contributed by atoms with Crippen molar-refractivity contribution in [1.82, 2.24) is 19.9 Å². The molecule has 3 aromatic rings. The molecular formula is C25H29N7O2. The van der Waals surface area contributed by atoms with Crippen molar-refractivity contribution in [2.45, 2.75) is 38.8 Å². The van der Waals surface area contributed by atoms with Gasteiger partial charge in [-0.25, -0.2) is 0 Å². The topological polar surface area (TPSA) is 109 Å². The van der Waals surface area contributed by atoms with E-state index in [1.807, 2.05) is 60.4 Å². The molecule has 0 saturated carbocycles. The number of piperidine rings is 1. The van der Waals surface area contributed by atoms with Gasteiger partial charge in [0.15, 0.2) is 11.9 Å². The first-order valence-electron chi connectivity index (χ1n) is 11.7. The van der Waals surface area contributed by atoms with Gasteiger partial charge in [0.1, 0.15) is 5.75 Å². The number of carbonyl (C=O) groups is 1. The Balaban J connectivity index is 1.38. The van der Waals surface area contributed by atoms with E-state index >= 15 is 0 Å². The second kappa shape index (κ2) is 9.54. The summed E-state index contributed by atoms with van der Waals surface area (Å²) < 4.78 is 6.13. The van der Waals surface area contributed by atoms with Gasteiger partial charge in [0.05, 0.1) is 18.8 Å². The molecule has 0 radical (unpaired) electrons. The van der Waals surface area contributed by atoms with Crippen LogP contribution in [0.3, 0.4) is 0 Å². The summed E-state index contributed by atoms with van der Waals surface area (Å²) in [7, 11) is 0. The number of likely N-dealkylation sites (tertiary alicyclic amines) is 1. The van der Waals surface area contributed by atoms with Gasteiger partial charge in [-0.05, 0) is 49.9 Å². The molecule has 0 spiro atoms. The monoisotopic (exact) mass is 459 g/mol. The van der Waals surface area contributed by atoms with Crippen LogP contribution in [-0.2, 0) is 11.3 Å². The number of rotatable bonds is 5. The summed E-state index contributed by atoms with van der Waals surface area (Å²) in [5.41, 5.74) is 8.90. The van der Waals surface area contributed by atoms with Crippen LogP contribution in [0.5, 0.6) is 5.75 Å². The van der Waals surface area contributed by atoms with E-state index in [-0.39, 0.29) is 11.9 Å². The van der Waals surface area contributed by atoms with E-state index in [4.69, 9.17) is 10.5 Å². The number of benzene rings is 2. The molecule has 176 valence electrons. The normalized spacial score (nSPS) is 17.6. The SMILES string of the molecule is Cc1ccccc1Nc1nc(N)nc(CN2CC(C(=O)N3CCCCC3)Oc3ccccc32)n1. The van der Waals surface area contributed by atoms with Crippen molar-refractivity contribution in [3.63, 3.8) is 0 Å². The van der Waals surface area contributed by atoms with Gasteiger partial charge in [0.25, 0.3) is 5.91 Å². The summed E-state index contributed by atoms with van der Waals surface area (Å²) in [5, 5.41) is 3.23. The van der Waals surface area contributed by atoms with E-state index < -0.39 is 6.10 Å². The molecule has 9 nitrogen and oxygen atoms in total. The van der Waals surface area contributed by atoms with Crippen LogP contribution < -0.4 is 20.7 Å². The molecule has 1 aromatic heterocycles. The number of aryl methyl sites for hydroxylation is 1. The number of para-hydroxylation sites is 3. The summed E-state index contributed by atoms with van der Waals surface area (Å²) in [6.07, 6.45) is 2.68. The number of ether oxygens (including phenoxy) is 1. The fourth-order valence-electron chi connectivity index (χ4n) is 4.47. The Morgan fingerprint density at radius 1 is 1.06 bits per heavy atom. The third-order valence-electron chi connectivity index (χ3n) is 6.23. The molecule has 2 aromatic carbocycles. The third kappa shape index (κ3) is 4.73. The predicted octanol–water partition coefficient (Wildman–Crippen LogP) is 3.29. The van der Waals surface area contributed by atoms with Crippen LogP contribution in [0.15, 0.2) is 48.5 Å². The zero-order chi connectivity index (χ0) is 23.5. The number of carbonyl (C=O) groups excluding carboxylic acids is 1. The fraction of sp³-hybridized carbons (Fsp3) is 0.360. The number of hydrogen-bond donors (Lipinski definition) is 2. The Bertz CT molecular complexity index is 1180. The smallest absolute Gasteiger partial charge is 0.265 e. The molecule has 1 unspecified atom stereocenters. The van der Waals surface area contributed by atoms with Crippen molar-refractivity contribution in [1.29, 1.82) is 0 Å². The van der Waals surface area contributed by atoms with Gasteiger partial charge in [-0.3, -0.25) is 4.79 Å². The molecular weight excluding hydrogens is 430 g/mol. The number of hydrogen-bond acceptors (Lipinski definition) is 8. The van der Waals surface area contributed by atoms with Crippen molar-refractivity contribution in [3.8, 4) is 5.75 Å². The minimum Gasteiger partial charge on any atom is -0.477 e. The summed E-state index contributed by atoms with van der Waals surface area (Å²) in [5.74, 6) is 1.77. The molecule has 1 saturated heterocycles. The lowest BCUT2D eigenvalue weighted by molar-refractivity contribution is -0.139. The highest BCUT2D eigenvalue weighted by molar-refractivity contribution is 5.83. The first-order valence-corrected chi connectivity index (χ1v) is 11.7. The average Bonchev–Trinajstić information content (AvgIpc) is 2.85. The molecule has 2 aliphatic rings.